The first-order valence-corrected chi connectivity index (χ1v) is 32.5. The molecule has 0 saturated carbocycles. The van der Waals surface area contributed by atoms with Crippen molar-refractivity contribution < 1.29 is 23.8 Å². The first-order valence-electron chi connectivity index (χ1n) is 32.1. The number of halogens is 1. The monoisotopic (exact) mass is 1290 g/mol. The number of carbonyl (C=O) groups is 2. The molecule has 3 aromatic carbocycles. The van der Waals surface area contributed by atoms with E-state index in [0.29, 0.717) is 83.0 Å². The number of hydrogen-bond acceptors (Lipinski definition) is 20. The van der Waals surface area contributed by atoms with Gasteiger partial charge in [0.05, 0.1) is 96.3 Å². The third kappa shape index (κ3) is 15.3. The lowest BCUT2D eigenvalue weighted by molar-refractivity contribution is -0.107. The summed E-state index contributed by atoms with van der Waals surface area (Å²) in [5, 5.41) is 36.0. The lowest BCUT2D eigenvalue weighted by Crippen LogP contribution is -2.55. The molecule has 94 heavy (non-hydrogen) atoms. The largest absolute Gasteiger partial charge is 0.462 e. The van der Waals surface area contributed by atoms with Crippen molar-refractivity contribution in [2.75, 3.05) is 112 Å². The minimum atomic E-state index is -0.509. The first kappa shape index (κ1) is 67.6. The Balaban J connectivity index is 0.000000191. The van der Waals surface area contributed by atoms with Gasteiger partial charge in [-0.25, -0.2) is 4.79 Å². The maximum Gasteiger partial charge on any atom is 0.410 e. The van der Waals surface area contributed by atoms with Crippen LogP contribution in [-0.2, 0) is 42.1 Å². The number of nitrogens with one attached hydrogen (secondary N) is 2. The molecule has 0 radical (unpaired) electrons. The number of likely N-dealkylation sites (tertiary alicyclic amines) is 2. The molecule has 494 valence electrons. The molecule has 0 aliphatic carbocycles. The van der Waals surface area contributed by atoms with E-state index in [9.17, 15) is 20.1 Å². The summed E-state index contributed by atoms with van der Waals surface area (Å²) in [6, 6.07) is 24.0. The number of carbonyl (C=O) groups excluding carboxylic acids is 2. The Morgan fingerprint density at radius 3 is 1.56 bits per heavy atom. The molecule has 1 amide bonds. The topological polar surface area (TPSA) is 244 Å². The summed E-state index contributed by atoms with van der Waals surface area (Å²) < 4.78 is 18.3. The molecule has 13 rings (SSSR count). The summed E-state index contributed by atoms with van der Waals surface area (Å²) >= 11 is 4.71. The molecule has 0 bridgehead atoms. The highest BCUT2D eigenvalue weighted by atomic mass is 35.5. The zero-order valence-electron chi connectivity index (χ0n) is 53.8. The average Bonchev–Trinajstić information content (AvgIpc) is 1.32. The number of ether oxygens (including phenoxy) is 3. The van der Waals surface area contributed by atoms with Gasteiger partial charge in [-0.15, -0.1) is 0 Å². The van der Waals surface area contributed by atoms with E-state index in [-0.39, 0.29) is 32.5 Å². The zero-order chi connectivity index (χ0) is 65.1. The Morgan fingerprint density at radius 2 is 1.12 bits per heavy atom. The van der Waals surface area contributed by atoms with Crippen LogP contribution in [0.5, 0.6) is 12.0 Å². The Labute approximate surface area is 556 Å². The third-order valence-electron chi connectivity index (χ3n) is 18.8. The summed E-state index contributed by atoms with van der Waals surface area (Å²) in [5.41, 5.74) is 12.8. The summed E-state index contributed by atoms with van der Waals surface area (Å²) in [6.45, 7) is 25.5. The normalized spacial score (nSPS) is 19.5. The summed E-state index contributed by atoms with van der Waals surface area (Å²) in [7, 11) is 4.29. The van der Waals surface area contributed by atoms with Crippen molar-refractivity contribution >= 4 is 67.8 Å². The zero-order valence-corrected chi connectivity index (χ0v) is 54.5. The number of aromatic amines is 2. The molecule has 2 N–H and O–H groups in total. The third-order valence-corrected chi connectivity index (χ3v) is 19.0. The molecule has 24 heteroatoms. The van der Waals surface area contributed by atoms with Crippen molar-refractivity contribution in [2.45, 2.75) is 117 Å². The number of benzene rings is 3. The van der Waals surface area contributed by atoms with Crippen LogP contribution in [0, 0.1) is 36.5 Å². The highest BCUT2D eigenvalue weighted by Gasteiger charge is 2.37. The first-order chi connectivity index (χ1) is 45.2. The van der Waals surface area contributed by atoms with Crippen molar-refractivity contribution in [3.05, 3.63) is 144 Å². The number of hydrogen-bond donors (Lipinski definition) is 2. The van der Waals surface area contributed by atoms with Crippen LogP contribution in [0.2, 0.25) is 0 Å². The molecule has 6 aliphatic rings. The number of amides is 1. The van der Waals surface area contributed by atoms with Crippen LogP contribution in [0.3, 0.4) is 0 Å². The summed E-state index contributed by atoms with van der Waals surface area (Å²) in [4.78, 5) is 60.6. The lowest BCUT2D eigenvalue weighted by Gasteiger charge is -2.43. The highest BCUT2D eigenvalue weighted by Crippen LogP contribution is 2.39. The lowest BCUT2D eigenvalue weighted by atomic mass is 10.0. The highest BCUT2D eigenvalue weighted by molar-refractivity contribution is 6.66. The van der Waals surface area contributed by atoms with Crippen molar-refractivity contribution in [3.63, 3.8) is 0 Å². The van der Waals surface area contributed by atoms with E-state index in [0.717, 1.165) is 145 Å². The molecule has 4 saturated heterocycles. The molecule has 4 atom stereocenters. The van der Waals surface area contributed by atoms with Gasteiger partial charge in [-0.1, -0.05) is 81.8 Å². The Kier molecular flexibility index (Phi) is 22.4. The van der Waals surface area contributed by atoms with Gasteiger partial charge >= 0.3 is 18.1 Å². The van der Waals surface area contributed by atoms with Crippen LogP contribution >= 0.6 is 11.6 Å². The maximum absolute atomic E-state index is 13.2. The average molecular weight is 1300 g/mol. The number of piperazine rings is 2. The number of aryl methyl sites for hydroxylation is 2. The van der Waals surface area contributed by atoms with Crippen LogP contribution in [0.25, 0.3) is 21.8 Å². The van der Waals surface area contributed by atoms with Gasteiger partial charge in [0.2, 0.25) is 5.24 Å². The van der Waals surface area contributed by atoms with E-state index in [1.54, 1.807) is 11.0 Å². The Morgan fingerprint density at radius 1 is 0.638 bits per heavy atom. The van der Waals surface area contributed by atoms with E-state index >= 15 is 0 Å². The number of allylic oxidation sites excluding steroid dienone is 2. The molecule has 6 aliphatic heterocycles. The number of aromatic nitrogens is 8. The predicted molar refractivity (Wildman–Crippen MR) is 367 cm³/mol. The number of anilines is 4. The Bertz CT molecular complexity index is 3920. The second-order valence-corrected chi connectivity index (χ2v) is 25.1. The SMILES string of the molecule is C.C=CC(=C)N1CCN(c2nc(OC[C@@H]3CCCN3C)nc3c2CCN(c2c(C)ccc4cn[nH]c24)C3)CC1CC#N.C=CC(=O)Cl.Cc1ccc2cn[nH]c2c1N1CCc2c(nc(OC[C@@H]3CCCN3C)nc2N2CCN(C(=O)OCc3ccccc3)C(CC#N)C2)C1. The van der Waals surface area contributed by atoms with Gasteiger partial charge in [0, 0.05) is 92.0 Å². The van der Waals surface area contributed by atoms with E-state index in [1.165, 1.54) is 28.8 Å². The quantitative estimate of drug-likeness (QED) is 0.0489. The second kappa shape index (κ2) is 31.1. The minimum absolute atomic E-state index is 0. The number of H-pyrrole nitrogens is 2. The van der Waals surface area contributed by atoms with Crippen LogP contribution in [-0.4, -0.2) is 188 Å². The fourth-order valence-corrected chi connectivity index (χ4v) is 13.7. The van der Waals surface area contributed by atoms with Crippen LogP contribution in [0.15, 0.2) is 105 Å². The molecule has 2 unspecified atom stereocenters. The van der Waals surface area contributed by atoms with Gasteiger partial charge < -0.3 is 53.4 Å². The van der Waals surface area contributed by atoms with Gasteiger partial charge in [0.15, 0.2) is 0 Å². The van der Waals surface area contributed by atoms with Gasteiger partial charge in [-0.05, 0) is 120 Å². The number of nitriles is 2. The molecule has 7 aromatic rings. The molecule has 10 heterocycles. The number of fused-ring (bicyclic) bond motifs is 4. The molecule has 0 spiro atoms. The Hall–Kier alpha value is -9.29. The van der Waals surface area contributed by atoms with Crippen LogP contribution in [0.4, 0.5) is 27.8 Å². The van der Waals surface area contributed by atoms with Gasteiger partial charge in [0.1, 0.15) is 31.5 Å². The molecule has 23 nitrogen and oxygen atoms in total. The molecular weight excluding hydrogens is 1210 g/mol. The fraction of sp³-hybridized carbons (Fsp3) is 0.457. The van der Waals surface area contributed by atoms with Crippen molar-refractivity contribution in [2.24, 2.45) is 0 Å². The van der Waals surface area contributed by atoms with E-state index in [4.69, 9.17) is 45.7 Å². The number of nitrogens with zero attached hydrogens (tertiary/aromatic N) is 16. The number of likely N-dealkylation sites (N-methyl/N-ethyl adjacent to an activating group) is 2. The van der Waals surface area contributed by atoms with Crippen molar-refractivity contribution in [3.8, 4) is 24.2 Å². The van der Waals surface area contributed by atoms with Crippen molar-refractivity contribution in [1.29, 1.82) is 10.5 Å². The minimum Gasteiger partial charge on any atom is -0.462 e. The molecular formula is C70H87ClN18O5. The fourth-order valence-electron chi connectivity index (χ4n) is 13.7. The van der Waals surface area contributed by atoms with Gasteiger partial charge in [-0.2, -0.15) is 40.7 Å². The van der Waals surface area contributed by atoms with Crippen molar-refractivity contribution in [1.82, 2.24) is 59.9 Å². The van der Waals surface area contributed by atoms with Crippen LogP contribution in [0.1, 0.15) is 85.2 Å². The van der Waals surface area contributed by atoms with E-state index in [2.05, 4.69) is 139 Å². The smallest absolute Gasteiger partial charge is 0.410 e. The summed E-state index contributed by atoms with van der Waals surface area (Å²) in [6.07, 6.45) is 12.9. The molecule has 4 fully saturated rings. The number of rotatable bonds is 17. The maximum atomic E-state index is 13.2. The molecule has 4 aromatic heterocycles. The second-order valence-electron chi connectivity index (χ2n) is 24.7. The van der Waals surface area contributed by atoms with Crippen LogP contribution < -0.4 is 29.1 Å². The standard InChI is InChI=1S/C35H41N9O3.C31H39N9O.C3H3ClO.CH4/c1-24-10-11-26-19-37-40-31(26)32(24)42-16-13-29-30(21-42)38-34(46-23-28-9-6-15-41(28)2)39-33(29)43-17-18-44(27(20-43)12-14-36)35(45)47-22-25-7-4-3-5-8-25;1-5-22(3)40-16-15-39(18-24(40)10-12-32)30-26-11-14-38(29-21(2)8-9-23-17-33-36-28(23)29)19-27(26)34-31(35-30)41-20-25-7-6-13-37(25)4;1-2-3(4)5;/h3-5,7-8,10-11,19,27-28H,6,9,12-13,15-18,20-23H2,1-2H3,(H,37,40);5,8-9,17,24-25H,1,3,6-7,10-11,13-16,18-20H2,2,4H3,(H,33,36);2H,1H2;1H4/t27?,28-;24?,25-;;/m00../s1. The van der Waals surface area contributed by atoms with Gasteiger partial charge in [-0.3, -0.25) is 15.0 Å². The van der Waals surface area contributed by atoms with E-state index in [1.807, 2.05) is 42.7 Å². The predicted octanol–water partition coefficient (Wildman–Crippen LogP) is 9.81. The van der Waals surface area contributed by atoms with Gasteiger partial charge in [0.25, 0.3) is 0 Å². The summed E-state index contributed by atoms with van der Waals surface area (Å²) in [5.74, 6) is 1.77. The van der Waals surface area contributed by atoms with E-state index < -0.39 is 11.3 Å².